The van der Waals surface area contributed by atoms with Crippen LogP contribution in [0.5, 0.6) is 0 Å². The first-order valence-electron chi connectivity index (χ1n) is 6.50. The minimum Gasteiger partial charge on any atom is -0.479 e. The Hall–Kier alpha value is -0.850. The van der Waals surface area contributed by atoms with Crippen LogP contribution in [-0.2, 0) is 9.53 Å². The predicted molar refractivity (Wildman–Crippen MR) is 93.2 cm³/mol. The first-order chi connectivity index (χ1) is 9.75. The molecule has 0 aliphatic carbocycles. The van der Waals surface area contributed by atoms with Crippen molar-refractivity contribution in [3.05, 3.63) is 23.5 Å². The van der Waals surface area contributed by atoms with Crippen molar-refractivity contribution < 1.29 is 9.53 Å². The van der Waals surface area contributed by atoms with E-state index >= 15 is 0 Å². The van der Waals surface area contributed by atoms with Crippen molar-refractivity contribution in [2.45, 2.75) is 33.2 Å². The largest absolute Gasteiger partial charge is 0.479 e. The number of hydrogen-bond donors (Lipinski definition) is 0. The molecular weight excluding hydrogens is 328 g/mol. The van der Waals surface area contributed by atoms with Gasteiger partial charge in [-0.05, 0) is 52.0 Å². The molecule has 0 atom stereocenters. The Morgan fingerprint density at radius 2 is 2.14 bits per heavy atom. The number of pyridine rings is 1. The summed E-state index contributed by atoms with van der Waals surface area (Å²) in [7, 11) is 0. The van der Waals surface area contributed by atoms with E-state index in [0.717, 1.165) is 0 Å². The van der Waals surface area contributed by atoms with Crippen LogP contribution in [0.25, 0.3) is 0 Å². The van der Waals surface area contributed by atoms with Crippen LogP contribution >= 0.6 is 35.6 Å². The Bertz CT molecular complexity index is 501. The van der Waals surface area contributed by atoms with Crippen LogP contribution in [0.1, 0.15) is 27.7 Å². The van der Waals surface area contributed by atoms with Crippen molar-refractivity contribution in [3.8, 4) is 0 Å². The number of aromatic nitrogens is 1. The van der Waals surface area contributed by atoms with E-state index in [9.17, 15) is 4.79 Å². The van der Waals surface area contributed by atoms with Gasteiger partial charge < -0.3 is 9.64 Å². The van der Waals surface area contributed by atoms with Gasteiger partial charge in [0.2, 0.25) is 10.3 Å². The first-order valence-corrected chi connectivity index (χ1v) is 8.27. The van der Waals surface area contributed by atoms with Crippen molar-refractivity contribution >= 4 is 51.6 Å². The molecule has 4 nitrogen and oxygen atoms in total. The van der Waals surface area contributed by atoms with Crippen LogP contribution in [0.4, 0.5) is 5.69 Å². The van der Waals surface area contributed by atoms with E-state index in [4.69, 9.17) is 28.6 Å². The maximum atomic E-state index is 12.5. The lowest BCUT2D eigenvalue weighted by atomic mass is 10.1. The van der Waals surface area contributed by atoms with E-state index in [1.54, 1.807) is 23.2 Å². The van der Waals surface area contributed by atoms with Gasteiger partial charge in [0.25, 0.3) is 0 Å². The Morgan fingerprint density at radius 1 is 1.48 bits per heavy atom. The summed E-state index contributed by atoms with van der Waals surface area (Å²) in [6.45, 7) is 8.25. The second kappa shape index (κ2) is 7.96. The Labute approximate surface area is 140 Å². The van der Waals surface area contributed by atoms with Crippen LogP contribution in [0.15, 0.2) is 18.3 Å². The molecule has 0 aliphatic heterocycles. The van der Waals surface area contributed by atoms with Crippen LogP contribution < -0.4 is 4.90 Å². The lowest BCUT2D eigenvalue weighted by molar-refractivity contribution is -0.117. The molecular formula is C14H19ClN2O2S2. The van der Waals surface area contributed by atoms with Gasteiger partial charge in [0.1, 0.15) is 5.15 Å². The molecule has 1 aromatic heterocycles. The van der Waals surface area contributed by atoms with E-state index in [1.807, 2.05) is 27.7 Å². The molecule has 0 saturated carbocycles. The number of anilines is 1. The number of carbonyl (C=O) groups excluding carboxylic acids is 1. The van der Waals surface area contributed by atoms with E-state index in [0.29, 0.717) is 21.8 Å². The number of rotatable bonds is 4. The summed E-state index contributed by atoms with van der Waals surface area (Å²) in [5.41, 5.74) is 0.334. The maximum Gasteiger partial charge on any atom is 0.238 e. The SMILES string of the molecule is CCOC(=S)SCC(=O)N(c1ccc(Cl)nc1)C(C)(C)C. The minimum absolute atomic E-state index is 0.0568. The van der Waals surface area contributed by atoms with Gasteiger partial charge in [-0.3, -0.25) is 4.79 Å². The summed E-state index contributed by atoms with van der Waals surface area (Å²) in [5, 5.41) is 0.395. The number of hydrogen-bond acceptors (Lipinski definition) is 5. The van der Waals surface area contributed by atoms with Crippen molar-refractivity contribution in [3.63, 3.8) is 0 Å². The molecule has 21 heavy (non-hydrogen) atoms. The summed E-state index contributed by atoms with van der Waals surface area (Å²) < 4.78 is 5.56. The molecule has 0 saturated heterocycles. The number of thioether (sulfide) groups is 1. The number of carbonyl (C=O) groups is 1. The van der Waals surface area contributed by atoms with Gasteiger partial charge in [0.15, 0.2) is 0 Å². The summed E-state index contributed by atoms with van der Waals surface area (Å²) in [6, 6.07) is 3.45. The van der Waals surface area contributed by atoms with Crippen LogP contribution in [-0.4, -0.2) is 33.2 Å². The molecule has 1 amide bonds. The quantitative estimate of drug-likeness (QED) is 0.610. The number of ether oxygens (including phenoxy) is 1. The summed E-state index contributed by atoms with van der Waals surface area (Å²) in [6.07, 6.45) is 1.59. The lowest BCUT2D eigenvalue weighted by Crippen LogP contribution is -2.47. The zero-order valence-corrected chi connectivity index (χ0v) is 14.9. The highest BCUT2D eigenvalue weighted by Crippen LogP contribution is 2.25. The average molecular weight is 347 g/mol. The Kier molecular flexibility index (Phi) is 6.90. The van der Waals surface area contributed by atoms with Crippen molar-refractivity contribution in [2.75, 3.05) is 17.3 Å². The molecule has 0 N–H and O–H groups in total. The molecule has 0 fully saturated rings. The first kappa shape index (κ1) is 18.2. The summed E-state index contributed by atoms with van der Waals surface area (Å²) in [4.78, 5) is 18.2. The van der Waals surface area contributed by atoms with Gasteiger partial charge in [-0.15, -0.1) is 0 Å². The van der Waals surface area contributed by atoms with Crippen molar-refractivity contribution in [2.24, 2.45) is 0 Å². The third-order valence-electron chi connectivity index (χ3n) is 2.47. The molecule has 0 bridgehead atoms. The number of nitrogens with zero attached hydrogens (tertiary/aromatic N) is 2. The topological polar surface area (TPSA) is 42.4 Å². The highest BCUT2D eigenvalue weighted by atomic mass is 35.5. The van der Waals surface area contributed by atoms with Crippen LogP contribution in [0.3, 0.4) is 0 Å². The number of amides is 1. The molecule has 7 heteroatoms. The molecule has 1 rings (SSSR count). The third-order valence-corrected chi connectivity index (χ3v) is 3.91. The van der Waals surface area contributed by atoms with Crippen LogP contribution in [0, 0.1) is 0 Å². The van der Waals surface area contributed by atoms with Crippen LogP contribution in [0.2, 0.25) is 5.15 Å². The molecule has 1 aromatic rings. The molecule has 0 spiro atoms. The van der Waals surface area contributed by atoms with E-state index in [1.165, 1.54) is 11.8 Å². The van der Waals surface area contributed by atoms with Crippen molar-refractivity contribution in [1.82, 2.24) is 4.98 Å². The van der Waals surface area contributed by atoms with Gasteiger partial charge in [-0.2, -0.15) is 0 Å². The normalized spacial score (nSPS) is 11.1. The summed E-state index contributed by atoms with van der Waals surface area (Å²) in [5.74, 6) is 0.164. The van der Waals surface area contributed by atoms with Gasteiger partial charge >= 0.3 is 0 Å². The van der Waals surface area contributed by atoms with E-state index in [-0.39, 0.29) is 17.2 Å². The highest BCUT2D eigenvalue weighted by Gasteiger charge is 2.28. The molecule has 0 aliphatic rings. The van der Waals surface area contributed by atoms with E-state index < -0.39 is 0 Å². The van der Waals surface area contributed by atoms with Crippen molar-refractivity contribution in [1.29, 1.82) is 0 Å². The van der Waals surface area contributed by atoms with Gasteiger partial charge in [0, 0.05) is 5.54 Å². The summed E-state index contributed by atoms with van der Waals surface area (Å²) >= 11 is 12.0. The smallest absolute Gasteiger partial charge is 0.238 e. The van der Waals surface area contributed by atoms with Gasteiger partial charge in [-0.1, -0.05) is 23.4 Å². The Morgan fingerprint density at radius 3 is 2.62 bits per heavy atom. The number of halogens is 1. The third kappa shape index (κ3) is 5.80. The highest BCUT2D eigenvalue weighted by molar-refractivity contribution is 8.23. The zero-order chi connectivity index (χ0) is 16.0. The fourth-order valence-electron chi connectivity index (χ4n) is 1.75. The zero-order valence-electron chi connectivity index (χ0n) is 12.6. The maximum absolute atomic E-state index is 12.5. The van der Waals surface area contributed by atoms with E-state index in [2.05, 4.69) is 4.98 Å². The molecule has 0 unspecified atom stereocenters. The van der Waals surface area contributed by atoms with Gasteiger partial charge in [0.05, 0.1) is 24.2 Å². The fraction of sp³-hybridized carbons (Fsp3) is 0.500. The lowest BCUT2D eigenvalue weighted by Gasteiger charge is -2.35. The molecule has 0 aromatic carbocycles. The molecule has 116 valence electrons. The second-order valence-corrected chi connectivity index (χ2v) is 7.18. The average Bonchev–Trinajstić information content (AvgIpc) is 2.38. The fourth-order valence-corrected chi connectivity index (χ4v) is 2.73. The molecule has 0 radical (unpaired) electrons. The standard InChI is InChI=1S/C14H19ClN2O2S2/c1-5-19-13(20)21-9-12(18)17(14(2,3)4)10-6-7-11(15)16-8-10/h6-8H,5,9H2,1-4H3. The van der Waals surface area contributed by atoms with Gasteiger partial charge in [-0.25, -0.2) is 4.98 Å². The molecule has 1 heterocycles. The second-order valence-electron chi connectivity index (χ2n) is 5.21. The monoisotopic (exact) mass is 346 g/mol. The minimum atomic E-state index is -0.375. The predicted octanol–water partition coefficient (Wildman–Crippen LogP) is 3.92. The number of thiocarbonyl (C=S) groups is 1. The Balaban J connectivity index is 2.86.